The molecule has 1 heterocycles. The van der Waals surface area contributed by atoms with Crippen molar-refractivity contribution < 1.29 is 17.6 Å². The van der Waals surface area contributed by atoms with E-state index in [2.05, 4.69) is 15.0 Å². The fourth-order valence-electron chi connectivity index (χ4n) is 2.92. The highest BCUT2D eigenvalue weighted by atomic mass is 32.3. The van der Waals surface area contributed by atoms with Crippen molar-refractivity contribution in [3.8, 4) is 0 Å². The van der Waals surface area contributed by atoms with E-state index in [0.717, 1.165) is 27.5 Å². The Labute approximate surface area is 192 Å². The zero-order valence-electron chi connectivity index (χ0n) is 16.8. The number of aromatic nitrogens is 1. The lowest BCUT2D eigenvalue weighted by atomic mass is 10.1. The molecule has 0 saturated carbocycles. The van der Waals surface area contributed by atoms with Crippen molar-refractivity contribution in [1.29, 1.82) is 0 Å². The molecule has 1 aromatic heterocycles. The zero-order valence-corrected chi connectivity index (χ0v) is 19.3. The molecule has 10 heteroatoms. The van der Waals surface area contributed by atoms with Crippen LogP contribution in [0, 0.1) is 12.7 Å². The summed E-state index contributed by atoms with van der Waals surface area (Å²) in [6, 6.07) is 17.8. The largest absolute Gasteiger partial charge is 0.322 e. The molecule has 0 spiro atoms. The fraction of sp³-hybridized carbons (Fsp3) is 0.0909. The summed E-state index contributed by atoms with van der Waals surface area (Å²) in [7, 11) is -3.64. The first-order valence-corrected chi connectivity index (χ1v) is 12.9. The van der Waals surface area contributed by atoms with Crippen molar-refractivity contribution in [2.45, 2.75) is 11.3 Å². The molecule has 0 atom stereocenters. The lowest BCUT2D eigenvalue weighted by Crippen LogP contribution is -2.14. The van der Waals surface area contributed by atoms with Crippen LogP contribution in [0.1, 0.15) is 15.9 Å². The van der Waals surface area contributed by atoms with Gasteiger partial charge in [-0.3, -0.25) is 9.52 Å². The third-order valence-electron chi connectivity index (χ3n) is 4.47. The van der Waals surface area contributed by atoms with Crippen molar-refractivity contribution >= 4 is 60.6 Å². The van der Waals surface area contributed by atoms with Gasteiger partial charge in [0.1, 0.15) is 10.9 Å². The van der Waals surface area contributed by atoms with Gasteiger partial charge in [-0.15, -0.1) is 11.3 Å². The number of halogens is 1. The molecule has 0 radical (unpaired) electrons. The van der Waals surface area contributed by atoms with E-state index in [0.29, 0.717) is 21.3 Å². The van der Waals surface area contributed by atoms with Crippen LogP contribution in [0.2, 0.25) is 0 Å². The molecule has 0 fully saturated rings. The highest BCUT2D eigenvalue weighted by Gasteiger charge is 2.15. The number of fused-ring (bicyclic) bond motifs is 1. The Morgan fingerprint density at radius 1 is 1.06 bits per heavy atom. The minimum Gasteiger partial charge on any atom is -0.322 e. The van der Waals surface area contributed by atoms with Gasteiger partial charge in [0, 0.05) is 16.9 Å². The summed E-state index contributed by atoms with van der Waals surface area (Å²) in [6.45, 7) is 1.88. The normalized spacial score (nSPS) is 11.4. The predicted octanol–water partition coefficient (Wildman–Crippen LogP) is 5.49. The summed E-state index contributed by atoms with van der Waals surface area (Å²) >= 11 is 2.43. The minimum absolute atomic E-state index is 0.195. The number of carbonyl (C=O) groups is 1. The quantitative estimate of drug-likeness (QED) is 0.337. The van der Waals surface area contributed by atoms with Crippen LogP contribution < -0.4 is 10.0 Å². The lowest BCUT2D eigenvalue weighted by molar-refractivity contribution is 0.102. The molecule has 3 aromatic carbocycles. The third kappa shape index (κ3) is 5.45. The van der Waals surface area contributed by atoms with Gasteiger partial charge in [-0.2, -0.15) is 0 Å². The van der Waals surface area contributed by atoms with E-state index in [9.17, 15) is 17.6 Å². The second-order valence-corrected chi connectivity index (χ2v) is 11.3. The molecule has 164 valence electrons. The number of rotatable bonds is 7. The fourth-order valence-corrected chi connectivity index (χ4v) is 6.52. The van der Waals surface area contributed by atoms with E-state index in [1.54, 1.807) is 18.2 Å². The maximum atomic E-state index is 13.0. The molecule has 0 aliphatic heterocycles. The Bertz CT molecular complexity index is 1390. The van der Waals surface area contributed by atoms with Crippen LogP contribution in [0.3, 0.4) is 0 Å². The van der Waals surface area contributed by atoms with Crippen LogP contribution >= 0.6 is 23.1 Å². The maximum absolute atomic E-state index is 13.0. The number of thioether (sulfide) groups is 1. The van der Waals surface area contributed by atoms with Crippen LogP contribution in [-0.4, -0.2) is 24.4 Å². The van der Waals surface area contributed by atoms with E-state index in [-0.39, 0.29) is 11.0 Å². The van der Waals surface area contributed by atoms with Gasteiger partial charge in [-0.25, -0.2) is 17.8 Å². The van der Waals surface area contributed by atoms with Crippen molar-refractivity contribution in [3.05, 3.63) is 83.7 Å². The Balaban J connectivity index is 1.43. The number of thiazole rings is 1. The van der Waals surface area contributed by atoms with Crippen LogP contribution in [0.5, 0.6) is 0 Å². The van der Waals surface area contributed by atoms with Crippen molar-refractivity contribution in [2.24, 2.45) is 0 Å². The molecule has 4 aromatic rings. The smallest absolute Gasteiger partial charge is 0.255 e. The number of hydrogen-bond acceptors (Lipinski definition) is 6. The number of anilines is 2. The Hall–Kier alpha value is -2.95. The van der Waals surface area contributed by atoms with Crippen LogP contribution in [0.25, 0.3) is 10.2 Å². The van der Waals surface area contributed by atoms with E-state index >= 15 is 0 Å². The number of nitrogens with one attached hydrogen (secondary N) is 2. The predicted molar refractivity (Wildman–Crippen MR) is 128 cm³/mol. The zero-order chi connectivity index (χ0) is 22.7. The van der Waals surface area contributed by atoms with E-state index < -0.39 is 15.8 Å². The summed E-state index contributed by atoms with van der Waals surface area (Å²) in [5.74, 6) is -0.634. The molecule has 4 rings (SSSR count). The first kappa shape index (κ1) is 22.3. The Morgan fingerprint density at radius 2 is 1.78 bits per heavy atom. The van der Waals surface area contributed by atoms with Crippen LogP contribution in [-0.2, 0) is 10.0 Å². The van der Waals surface area contributed by atoms with E-state index in [1.165, 1.54) is 35.6 Å². The molecule has 1 amide bonds. The highest BCUT2D eigenvalue weighted by molar-refractivity contribution is 8.13. The van der Waals surface area contributed by atoms with Gasteiger partial charge in [0.15, 0.2) is 4.34 Å². The van der Waals surface area contributed by atoms with Crippen LogP contribution in [0.4, 0.5) is 15.8 Å². The molecule has 0 bridgehead atoms. The first-order valence-electron chi connectivity index (χ1n) is 9.45. The molecular formula is C22H18FN3O3S3. The van der Waals surface area contributed by atoms with Gasteiger partial charge >= 0.3 is 0 Å². The van der Waals surface area contributed by atoms with Gasteiger partial charge in [0.05, 0.1) is 10.2 Å². The summed E-state index contributed by atoms with van der Waals surface area (Å²) in [6.07, 6.45) is 0. The molecule has 0 aliphatic rings. The maximum Gasteiger partial charge on any atom is 0.255 e. The number of aryl methyl sites for hydroxylation is 1. The van der Waals surface area contributed by atoms with Gasteiger partial charge in [-0.1, -0.05) is 30.0 Å². The average molecular weight is 488 g/mol. The van der Waals surface area contributed by atoms with Gasteiger partial charge in [-0.05, 0) is 61.0 Å². The first-order chi connectivity index (χ1) is 15.3. The standard InChI is InChI=1S/C22H18FN3O3S3/c1-14-4-2-3-5-18(14)21(27)24-17-10-11-19-20(12-17)31-22(25-19)30-13-32(28,29)26-16-8-6-15(23)7-9-16/h2-12,26H,13H2,1H3,(H,24,27). The molecule has 0 unspecified atom stereocenters. The number of benzene rings is 3. The lowest BCUT2D eigenvalue weighted by Gasteiger charge is -2.07. The molecule has 0 saturated heterocycles. The second kappa shape index (κ2) is 9.27. The topological polar surface area (TPSA) is 88.2 Å². The highest BCUT2D eigenvalue weighted by Crippen LogP contribution is 2.32. The number of nitrogens with zero attached hydrogens (tertiary/aromatic N) is 1. The number of hydrogen-bond donors (Lipinski definition) is 2. The molecular weight excluding hydrogens is 469 g/mol. The number of amides is 1. The van der Waals surface area contributed by atoms with Crippen LogP contribution in [0.15, 0.2) is 71.1 Å². The third-order valence-corrected chi connectivity index (χ3v) is 8.49. The molecule has 2 N–H and O–H groups in total. The van der Waals surface area contributed by atoms with Gasteiger partial charge in [0.25, 0.3) is 5.91 Å². The second-order valence-electron chi connectivity index (χ2n) is 6.92. The van der Waals surface area contributed by atoms with Gasteiger partial charge < -0.3 is 5.32 Å². The average Bonchev–Trinajstić information content (AvgIpc) is 3.16. The Morgan fingerprint density at radius 3 is 2.53 bits per heavy atom. The SMILES string of the molecule is Cc1ccccc1C(=O)Nc1ccc2nc(SCS(=O)(=O)Nc3ccc(F)cc3)sc2c1. The molecule has 32 heavy (non-hydrogen) atoms. The van der Waals surface area contributed by atoms with Crippen molar-refractivity contribution in [1.82, 2.24) is 4.98 Å². The molecule has 0 aliphatic carbocycles. The Kier molecular flexibility index (Phi) is 6.45. The summed E-state index contributed by atoms with van der Waals surface area (Å²) in [5.41, 5.74) is 3.14. The van der Waals surface area contributed by atoms with E-state index in [1.807, 2.05) is 31.2 Å². The summed E-state index contributed by atoms with van der Waals surface area (Å²) < 4.78 is 41.4. The van der Waals surface area contributed by atoms with E-state index in [4.69, 9.17) is 0 Å². The summed E-state index contributed by atoms with van der Waals surface area (Å²) in [4.78, 5) is 17.0. The number of carbonyl (C=O) groups excluding carboxylic acids is 1. The number of sulfonamides is 1. The molecule has 6 nitrogen and oxygen atoms in total. The van der Waals surface area contributed by atoms with Crippen molar-refractivity contribution in [2.75, 3.05) is 15.1 Å². The van der Waals surface area contributed by atoms with Crippen molar-refractivity contribution in [3.63, 3.8) is 0 Å². The summed E-state index contributed by atoms with van der Waals surface area (Å²) in [5, 5.41) is 2.65. The monoisotopic (exact) mass is 487 g/mol. The minimum atomic E-state index is -3.64. The van der Waals surface area contributed by atoms with Gasteiger partial charge in [0.2, 0.25) is 10.0 Å².